The predicted molar refractivity (Wildman–Crippen MR) is 127 cm³/mol. The van der Waals surface area contributed by atoms with E-state index in [0.717, 1.165) is 32.4 Å². The van der Waals surface area contributed by atoms with Gasteiger partial charge in [-0.3, -0.25) is 4.79 Å². The molecule has 0 saturated heterocycles. The lowest BCUT2D eigenvalue weighted by molar-refractivity contribution is -0.116. The van der Waals surface area contributed by atoms with E-state index in [2.05, 4.69) is 21.2 Å². The Morgan fingerprint density at radius 3 is 2.10 bits per heavy atom. The topological polar surface area (TPSA) is 66.5 Å². The molecular weight excluding hydrogens is 476 g/mol. The standard InChI is InChI=1S/C24H25BrN2O3S/c1-17-13-18(2)24(19(3)14-17)26-23(28)16-27(15-20-7-5-4-6-8-20)31(29,30)22-11-9-21(25)10-12-22/h4-14H,15-16H2,1-3H3,(H,26,28). The van der Waals surface area contributed by atoms with E-state index in [9.17, 15) is 13.2 Å². The Bertz CT molecular complexity index is 1150. The fourth-order valence-corrected chi connectivity index (χ4v) is 5.13. The number of sulfonamides is 1. The second-order valence-electron chi connectivity index (χ2n) is 7.53. The van der Waals surface area contributed by atoms with Crippen LogP contribution in [0.1, 0.15) is 22.3 Å². The number of aryl methyl sites for hydroxylation is 3. The molecule has 3 aromatic carbocycles. The number of amides is 1. The first-order valence-electron chi connectivity index (χ1n) is 9.84. The summed E-state index contributed by atoms with van der Waals surface area (Å²) in [4.78, 5) is 13.1. The molecule has 0 aliphatic heterocycles. The van der Waals surface area contributed by atoms with Crippen molar-refractivity contribution >= 4 is 37.5 Å². The molecule has 0 aliphatic carbocycles. The van der Waals surface area contributed by atoms with E-state index in [1.807, 2.05) is 63.2 Å². The number of hydrogen-bond acceptors (Lipinski definition) is 3. The third-order valence-electron chi connectivity index (χ3n) is 4.91. The second kappa shape index (κ2) is 9.77. The maximum absolute atomic E-state index is 13.3. The van der Waals surface area contributed by atoms with Crippen molar-refractivity contribution in [2.75, 3.05) is 11.9 Å². The highest BCUT2D eigenvalue weighted by atomic mass is 79.9. The lowest BCUT2D eigenvalue weighted by atomic mass is 10.1. The Morgan fingerprint density at radius 1 is 0.935 bits per heavy atom. The van der Waals surface area contributed by atoms with Gasteiger partial charge in [-0.2, -0.15) is 4.31 Å². The van der Waals surface area contributed by atoms with E-state index in [1.54, 1.807) is 12.1 Å². The molecule has 31 heavy (non-hydrogen) atoms. The van der Waals surface area contributed by atoms with Crippen molar-refractivity contribution < 1.29 is 13.2 Å². The van der Waals surface area contributed by atoms with Crippen molar-refractivity contribution in [3.8, 4) is 0 Å². The number of carbonyl (C=O) groups is 1. The summed E-state index contributed by atoms with van der Waals surface area (Å²) in [6, 6.07) is 19.6. The molecule has 0 saturated carbocycles. The molecule has 0 aromatic heterocycles. The van der Waals surface area contributed by atoms with Crippen LogP contribution in [0.25, 0.3) is 0 Å². The minimum Gasteiger partial charge on any atom is -0.324 e. The van der Waals surface area contributed by atoms with E-state index < -0.39 is 10.0 Å². The molecule has 1 amide bonds. The van der Waals surface area contributed by atoms with Gasteiger partial charge in [0.05, 0.1) is 11.4 Å². The van der Waals surface area contributed by atoms with Gasteiger partial charge in [0.15, 0.2) is 0 Å². The number of nitrogens with one attached hydrogen (secondary N) is 1. The molecule has 162 valence electrons. The van der Waals surface area contributed by atoms with Crippen LogP contribution in [0.4, 0.5) is 5.69 Å². The maximum Gasteiger partial charge on any atom is 0.243 e. The summed E-state index contributed by atoms with van der Waals surface area (Å²) in [5.41, 5.74) is 4.51. The van der Waals surface area contributed by atoms with Gasteiger partial charge in [0.1, 0.15) is 0 Å². The lowest BCUT2D eigenvalue weighted by Gasteiger charge is -2.23. The average Bonchev–Trinajstić information content (AvgIpc) is 2.71. The molecule has 0 atom stereocenters. The quantitative estimate of drug-likeness (QED) is 0.484. The SMILES string of the molecule is Cc1cc(C)c(NC(=O)CN(Cc2ccccc2)S(=O)(=O)c2ccc(Br)cc2)c(C)c1. The van der Waals surface area contributed by atoms with Crippen molar-refractivity contribution in [2.45, 2.75) is 32.2 Å². The molecule has 0 fully saturated rings. The van der Waals surface area contributed by atoms with Gasteiger partial charge in [0.2, 0.25) is 15.9 Å². The first-order chi connectivity index (χ1) is 14.7. The fourth-order valence-electron chi connectivity index (χ4n) is 3.48. The third kappa shape index (κ3) is 5.81. The monoisotopic (exact) mass is 500 g/mol. The molecule has 3 aromatic rings. The molecule has 0 heterocycles. The molecule has 0 radical (unpaired) electrons. The van der Waals surface area contributed by atoms with Crippen molar-refractivity contribution in [1.82, 2.24) is 4.31 Å². The number of halogens is 1. The summed E-state index contributed by atoms with van der Waals surface area (Å²) in [7, 11) is -3.88. The summed E-state index contributed by atoms with van der Waals surface area (Å²) in [5.74, 6) is -0.383. The van der Waals surface area contributed by atoms with Gasteiger partial charge in [-0.05, 0) is 61.7 Å². The van der Waals surface area contributed by atoms with Gasteiger partial charge in [0, 0.05) is 16.7 Å². The van der Waals surface area contributed by atoms with Crippen LogP contribution < -0.4 is 5.32 Å². The summed E-state index contributed by atoms with van der Waals surface area (Å²) >= 11 is 3.33. The third-order valence-corrected chi connectivity index (χ3v) is 7.25. The molecule has 3 rings (SSSR count). The number of carbonyl (C=O) groups excluding carboxylic acids is 1. The van der Waals surface area contributed by atoms with Crippen LogP contribution in [0, 0.1) is 20.8 Å². The zero-order valence-corrected chi connectivity index (χ0v) is 20.1. The number of hydrogen-bond donors (Lipinski definition) is 1. The molecule has 0 aliphatic rings. The first-order valence-corrected chi connectivity index (χ1v) is 12.1. The molecule has 7 heteroatoms. The van der Waals surface area contributed by atoms with Crippen LogP contribution in [0.2, 0.25) is 0 Å². The number of nitrogens with zero attached hydrogens (tertiary/aromatic N) is 1. The van der Waals surface area contributed by atoms with Crippen molar-refractivity contribution in [3.05, 3.63) is 93.5 Å². The van der Waals surface area contributed by atoms with Crippen LogP contribution in [0.15, 0.2) is 76.1 Å². The fraction of sp³-hybridized carbons (Fsp3) is 0.208. The zero-order chi connectivity index (χ0) is 22.6. The van der Waals surface area contributed by atoms with Crippen molar-refractivity contribution in [3.63, 3.8) is 0 Å². The van der Waals surface area contributed by atoms with Crippen LogP contribution in [0.3, 0.4) is 0 Å². The summed E-state index contributed by atoms with van der Waals surface area (Å²) in [5, 5.41) is 2.90. The van der Waals surface area contributed by atoms with Crippen molar-refractivity contribution in [1.29, 1.82) is 0 Å². The van der Waals surface area contributed by atoms with Gasteiger partial charge < -0.3 is 5.32 Å². The largest absolute Gasteiger partial charge is 0.324 e. The number of benzene rings is 3. The Kier molecular flexibility index (Phi) is 7.30. The Hall–Kier alpha value is -2.48. The van der Waals surface area contributed by atoms with Crippen LogP contribution >= 0.6 is 15.9 Å². The van der Waals surface area contributed by atoms with E-state index in [1.165, 1.54) is 16.4 Å². The highest BCUT2D eigenvalue weighted by Gasteiger charge is 2.27. The van der Waals surface area contributed by atoms with E-state index in [0.29, 0.717) is 0 Å². The summed E-state index contributed by atoms with van der Waals surface area (Å²) in [6.07, 6.45) is 0. The van der Waals surface area contributed by atoms with E-state index in [4.69, 9.17) is 0 Å². The number of rotatable bonds is 7. The molecule has 0 bridgehead atoms. The summed E-state index contributed by atoms with van der Waals surface area (Å²) < 4.78 is 28.7. The normalized spacial score (nSPS) is 11.5. The second-order valence-corrected chi connectivity index (χ2v) is 10.4. The van der Waals surface area contributed by atoms with E-state index in [-0.39, 0.29) is 23.9 Å². The number of anilines is 1. The molecule has 0 spiro atoms. The van der Waals surface area contributed by atoms with Crippen LogP contribution in [-0.4, -0.2) is 25.2 Å². The highest BCUT2D eigenvalue weighted by Crippen LogP contribution is 2.24. The van der Waals surface area contributed by atoms with Crippen LogP contribution in [-0.2, 0) is 21.4 Å². The Balaban J connectivity index is 1.89. The Labute approximate surface area is 192 Å². The Morgan fingerprint density at radius 2 is 1.52 bits per heavy atom. The summed E-state index contributed by atoms with van der Waals surface area (Å²) in [6.45, 7) is 5.66. The maximum atomic E-state index is 13.3. The van der Waals surface area contributed by atoms with Crippen molar-refractivity contribution in [2.24, 2.45) is 0 Å². The van der Waals surface area contributed by atoms with Gasteiger partial charge in [-0.15, -0.1) is 0 Å². The van der Waals surface area contributed by atoms with Gasteiger partial charge in [-0.1, -0.05) is 64.0 Å². The molecule has 5 nitrogen and oxygen atoms in total. The smallest absolute Gasteiger partial charge is 0.243 e. The molecule has 1 N–H and O–H groups in total. The predicted octanol–water partition coefficient (Wildman–Crippen LogP) is 5.20. The van der Waals surface area contributed by atoms with Gasteiger partial charge >= 0.3 is 0 Å². The minimum atomic E-state index is -3.88. The van der Waals surface area contributed by atoms with Crippen LogP contribution in [0.5, 0.6) is 0 Å². The van der Waals surface area contributed by atoms with Gasteiger partial charge in [0.25, 0.3) is 0 Å². The molecule has 0 unspecified atom stereocenters. The first kappa shape index (κ1) is 23.2. The van der Waals surface area contributed by atoms with Gasteiger partial charge in [-0.25, -0.2) is 8.42 Å². The molecular formula is C24H25BrN2O3S. The zero-order valence-electron chi connectivity index (χ0n) is 17.7. The average molecular weight is 501 g/mol. The van der Waals surface area contributed by atoms with E-state index >= 15 is 0 Å². The lowest BCUT2D eigenvalue weighted by Crippen LogP contribution is -2.37. The minimum absolute atomic E-state index is 0.0958. The highest BCUT2D eigenvalue weighted by molar-refractivity contribution is 9.10.